The van der Waals surface area contributed by atoms with Crippen molar-refractivity contribution in [3.63, 3.8) is 0 Å². The van der Waals surface area contributed by atoms with Crippen LogP contribution < -0.4 is 5.73 Å². The third-order valence-electron chi connectivity index (χ3n) is 6.60. The second-order valence-electron chi connectivity index (χ2n) is 8.09. The molecule has 2 aliphatic carbocycles. The van der Waals surface area contributed by atoms with Crippen molar-refractivity contribution in [2.24, 2.45) is 16.1 Å². The number of nitrogens with zero attached hydrogens (tertiary/aromatic N) is 2. The number of benzene rings is 1. The summed E-state index contributed by atoms with van der Waals surface area (Å²) in [5.74, 6) is -0.357. The minimum Gasteiger partial charge on any atom is -0.393 e. The molecule has 1 aliphatic heterocycles. The van der Waals surface area contributed by atoms with E-state index in [0.29, 0.717) is 37.7 Å². The molecule has 0 bridgehead atoms. The molecular weight excluding hydrogens is 375 g/mol. The first kappa shape index (κ1) is 19.2. The van der Waals surface area contributed by atoms with Crippen LogP contribution in [0.25, 0.3) is 0 Å². The minimum atomic E-state index is -4.81. The van der Waals surface area contributed by atoms with Crippen LogP contribution in [-0.2, 0) is 16.8 Å². The number of aliphatic hydroxyl groups excluding tert-OH is 2. The normalized spacial score (nSPS) is 33.5. The first-order valence-corrected chi connectivity index (χ1v) is 9.21. The van der Waals surface area contributed by atoms with Crippen LogP contribution in [0.4, 0.5) is 13.2 Å². The zero-order valence-electron chi connectivity index (χ0n) is 15.3. The molecule has 1 saturated carbocycles. The molecule has 3 aliphatic rings. The van der Waals surface area contributed by atoms with Gasteiger partial charge in [0.25, 0.3) is 5.91 Å². The lowest BCUT2D eigenvalue weighted by molar-refractivity contribution is -0.206. The van der Waals surface area contributed by atoms with Gasteiger partial charge in [0, 0.05) is 12.5 Å². The molecule has 1 amide bonds. The Kier molecular flexibility index (Phi) is 4.07. The van der Waals surface area contributed by atoms with Crippen molar-refractivity contribution in [3.05, 3.63) is 34.9 Å². The number of aliphatic hydroxyl groups is 2. The Morgan fingerprint density at radius 3 is 2.50 bits per heavy atom. The molecular formula is C19H22F3N3O3. The van der Waals surface area contributed by atoms with Crippen molar-refractivity contribution >= 4 is 11.9 Å². The number of nitrogens with two attached hydrogens (primary N) is 1. The van der Waals surface area contributed by atoms with Gasteiger partial charge in [-0.3, -0.25) is 9.69 Å². The number of aliphatic imine (C=N–C) groups is 1. The zero-order valence-corrected chi connectivity index (χ0v) is 15.3. The monoisotopic (exact) mass is 397 g/mol. The number of amides is 1. The van der Waals surface area contributed by atoms with Gasteiger partial charge < -0.3 is 15.9 Å². The smallest absolute Gasteiger partial charge is 0.393 e. The summed E-state index contributed by atoms with van der Waals surface area (Å²) in [6, 6.07) is 4.04. The van der Waals surface area contributed by atoms with E-state index >= 15 is 0 Å². The van der Waals surface area contributed by atoms with E-state index in [-0.39, 0.29) is 17.4 Å². The molecule has 9 heteroatoms. The molecule has 2 unspecified atom stereocenters. The number of carbonyl (C=O) groups excluding carboxylic acids is 1. The number of halogens is 3. The molecule has 1 aromatic carbocycles. The third kappa shape index (κ3) is 2.42. The molecule has 1 fully saturated rings. The molecule has 4 N–H and O–H groups in total. The van der Waals surface area contributed by atoms with Crippen LogP contribution in [0.2, 0.25) is 0 Å². The summed E-state index contributed by atoms with van der Waals surface area (Å²) in [4.78, 5) is 19.1. The average molecular weight is 397 g/mol. The van der Waals surface area contributed by atoms with Gasteiger partial charge in [0.15, 0.2) is 17.6 Å². The lowest BCUT2D eigenvalue weighted by Crippen LogP contribution is -2.51. The summed E-state index contributed by atoms with van der Waals surface area (Å²) in [5, 5.41) is 19.7. The number of rotatable bonds is 1. The molecule has 2 atom stereocenters. The molecule has 0 aromatic heterocycles. The highest BCUT2D eigenvalue weighted by Crippen LogP contribution is 2.61. The molecule has 1 aromatic rings. The zero-order chi connectivity index (χ0) is 20.5. The fourth-order valence-corrected chi connectivity index (χ4v) is 5.08. The number of likely N-dealkylation sites (N-methyl/N-ethyl adjacent to an activating group) is 1. The summed E-state index contributed by atoms with van der Waals surface area (Å²) in [7, 11) is 1.49. The lowest BCUT2D eigenvalue weighted by Gasteiger charge is -2.44. The summed E-state index contributed by atoms with van der Waals surface area (Å²) < 4.78 is 39.1. The van der Waals surface area contributed by atoms with Gasteiger partial charge >= 0.3 is 6.18 Å². The highest BCUT2D eigenvalue weighted by molar-refractivity contribution is 6.08. The number of hydrogen-bond donors (Lipinski definition) is 3. The molecule has 2 spiro atoms. The summed E-state index contributed by atoms with van der Waals surface area (Å²) in [6.07, 6.45) is -5.47. The standard InChI is InChI=1S/C19H22F3N3O3/c1-25-15(28)18(24-16(25)23)13-8-10(14(27)19(20,21)22)2-3-11(13)9-17(18)6-4-12(26)5-7-17/h2-3,8,12,14,26-27H,4-7,9H2,1H3,(H2,23,24). The fraction of sp³-hybridized carbons (Fsp3) is 0.579. The highest BCUT2D eigenvalue weighted by Gasteiger charge is 2.66. The van der Waals surface area contributed by atoms with Crippen molar-refractivity contribution in [1.29, 1.82) is 0 Å². The minimum absolute atomic E-state index is 0.0186. The van der Waals surface area contributed by atoms with E-state index < -0.39 is 29.3 Å². The van der Waals surface area contributed by atoms with Gasteiger partial charge in [-0.1, -0.05) is 12.1 Å². The van der Waals surface area contributed by atoms with Crippen molar-refractivity contribution in [3.8, 4) is 0 Å². The number of guanidine groups is 1. The van der Waals surface area contributed by atoms with Gasteiger partial charge in [0.05, 0.1) is 6.10 Å². The van der Waals surface area contributed by atoms with Gasteiger partial charge in [0.2, 0.25) is 0 Å². The topological polar surface area (TPSA) is 99.2 Å². The van der Waals surface area contributed by atoms with Gasteiger partial charge in [-0.15, -0.1) is 0 Å². The van der Waals surface area contributed by atoms with Crippen LogP contribution in [0.15, 0.2) is 23.2 Å². The van der Waals surface area contributed by atoms with Crippen molar-refractivity contribution in [2.45, 2.75) is 56.0 Å². The first-order chi connectivity index (χ1) is 13.0. The van der Waals surface area contributed by atoms with Crippen LogP contribution in [-0.4, -0.2) is 46.3 Å². The number of alkyl halides is 3. The molecule has 1 heterocycles. The Morgan fingerprint density at radius 2 is 1.96 bits per heavy atom. The Labute approximate surface area is 159 Å². The highest BCUT2D eigenvalue weighted by atomic mass is 19.4. The van der Waals surface area contributed by atoms with E-state index in [2.05, 4.69) is 4.99 Å². The van der Waals surface area contributed by atoms with E-state index in [1.807, 2.05) is 0 Å². The number of hydrogen-bond acceptors (Lipinski definition) is 5. The van der Waals surface area contributed by atoms with Crippen LogP contribution >= 0.6 is 0 Å². The Bertz CT molecular complexity index is 862. The predicted molar refractivity (Wildman–Crippen MR) is 94.1 cm³/mol. The van der Waals surface area contributed by atoms with Crippen LogP contribution in [0.5, 0.6) is 0 Å². The van der Waals surface area contributed by atoms with E-state index in [4.69, 9.17) is 5.73 Å². The maximum Gasteiger partial charge on any atom is 0.418 e. The maximum absolute atomic E-state index is 13.3. The maximum atomic E-state index is 13.3. The average Bonchev–Trinajstić information content (AvgIpc) is 3.03. The first-order valence-electron chi connectivity index (χ1n) is 9.21. The number of fused-ring (bicyclic) bond motifs is 3. The second-order valence-corrected chi connectivity index (χ2v) is 8.09. The van der Waals surface area contributed by atoms with Crippen molar-refractivity contribution in [1.82, 2.24) is 4.90 Å². The fourth-order valence-electron chi connectivity index (χ4n) is 5.08. The van der Waals surface area contributed by atoms with E-state index in [1.165, 1.54) is 24.1 Å². The Hall–Kier alpha value is -2.13. The second kappa shape index (κ2) is 5.93. The van der Waals surface area contributed by atoms with Gasteiger partial charge in [-0.25, -0.2) is 4.99 Å². The molecule has 6 nitrogen and oxygen atoms in total. The Morgan fingerprint density at radius 1 is 1.32 bits per heavy atom. The molecule has 28 heavy (non-hydrogen) atoms. The Balaban J connectivity index is 1.90. The van der Waals surface area contributed by atoms with Gasteiger partial charge in [-0.2, -0.15) is 13.2 Å². The van der Waals surface area contributed by atoms with Crippen molar-refractivity contribution < 1.29 is 28.2 Å². The summed E-state index contributed by atoms with van der Waals surface area (Å²) in [6.45, 7) is 0. The molecule has 0 radical (unpaired) electrons. The molecule has 4 rings (SSSR count). The summed E-state index contributed by atoms with van der Waals surface area (Å²) >= 11 is 0. The summed E-state index contributed by atoms with van der Waals surface area (Å²) in [5.41, 5.74) is 4.66. The van der Waals surface area contributed by atoms with E-state index in [1.54, 1.807) is 6.07 Å². The SMILES string of the molecule is CN1C(=O)C2(N=C1N)c1cc(C(O)C(F)(F)F)ccc1CC21CCC(O)CC1. The lowest BCUT2D eigenvalue weighted by atomic mass is 9.61. The van der Waals surface area contributed by atoms with Gasteiger partial charge in [-0.05, 0) is 54.9 Å². The quantitative estimate of drug-likeness (QED) is 0.672. The van der Waals surface area contributed by atoms with Gasteiger partial charge in [0.1, 0.15) is 0 Å². The molecule has 0 saturated heterocycles. The van der Waals surface area contributed by atoms with Crippen molar-refractivity contribution in [2.75, 3.05) is 7.05 Å². The van der Waals surface area contributed by atoms with E-state index in [0.717, 1.165) is 5.56 Å². The predicted octanol–water partition coefficient (Wildman–Crippen LogP) is 1.74. The molecule has 152 valence electrons. The largest absolute Gasteiger partial charge is 0.418 e. The third-order valence-corrected chi connectivity index (χ3v) is 6.60. The number of carbonyl (C=O) groups is 1. The van der Waals surface area contributed by atoms with Crippen LogP contribution in [0, 0.1) is 5.41 Å². The van der Waals surface area contributed by atoms with Crippen LogP contribution in [0.3, 0.4) is 0 Å². The van der Waals surface area contributed by atoms with Crippen LogP contribution in [0.1, 0.15) is 48.5 Å². The van der Waals surface area contributed by atoms with E-state index in [9.17, 15) is 28.2 Å².